The molecule has 0 spiro atoms. The number of methoxy groups -OCH3 is 6. The number of aryl methyl sites for hydroxylation is 1. The van der Waals surface area contributed by atoms with Crippen LogP contribution in [0.15, 0.2) is 72.5 Å². The highest BCUT2D eigenvalue weighted by molar-refractivity contribution is 7.14. The maximum Gasteiger partial charge on any atom is 0.203 e. The van der Waals surface area contributed by atoms with Crippen LogP contribution in [0.25, 0.3) is 22.4 Å². The van der Waals surface area contributed by atoms with Crippen LogP contribution in [-0.4, -0.2) is 76.7 Å². The van der Waals surface area contributed by atoms with E-state index in [1.54, 1.807) is 42.7 Å². The molecule has 10 nitrogen and oxygen atoms in total. The zero-order valence-corrected chi connectivity index (χ0v) is 34.9. The minimum atomic E-state index is 0. The predicted molar refractivity (Wildman–Crippen MR) is 224 cm³/mol. The van der Waals surface area contributed by atoms with E-state index in [9.17, 15) is 0 Å². The van der Waals surface area contributed by atoms with Gasteiger partial charge in [-0.25, -0.2) is 0 Å². The van der Waals surface area contributed by atoms with Crippen molar-refractivity contribution >= 4 is 53.6 Å². The Morgan fingerprint density at radius 2 is 1.26 bits per heavy atom. The number of likely N-dealkylation sites (tertiary alicyclic amines) is 1. The quantitative estimate of drug-likeness (QED) is 0.108. The number of ether oxygens (including phenoxy) is 6. The van der Waals surface area contributed by atoms with Gasteiger partial charge in [0.2, 0.25) is 11.5 Å². The van der Waals surface area contributed by atoms with Gasteiger partial charge in [0.1, 0.15) is 0 Å². The number of rotatable bonds is 14. The van der Waals surface area contributed by atoms with Crippen molar-refractivity contribution in [2.45, 2.75) is 38.9 Å². The summed E-state index contributed by atoms with van der Waals surface area (Å²) in [6.45, 7) is 5.77. The number of hydrogen-bond acceptors (Lipinski definition) is 11. The Bertz CT molecular complexity index is 1910. The van der Waals surface area contributed by atoms with Gasteiger partial charge in [-0.3, -0.25) is 14.9 Å². The summed E-state index contributed by atoms with van der Waals surface area (Å²) in [7, 11) is 9.74. The Hall–Kier alpha value is -4.13. The highest BCUT2D eigenvalue weighted by Crippen LogP contribution is 2.42. The topological polar surface area (TPSA) is 87.6 Å². The van der Waals surface area contributed by atoms with E-state index in [2.05, 4.69) is 56.3 Å². The molecule has 14 heteroatoms. The number of aromatic nitrogens is 2. The van der Waals surface area contributed by atoms with Crippen molar-refractivity contribution in [3.8, 4) is 56.9 Å². The summed E-state index contributed by atoms with van der Waals surface area (Å²) in [6.07, 6.45) is 7.85. The van der Waals surface area contributed by atoms with Crippen molar-refractivity contribution in [1.82, 2.24) is 14.9 Å². The molecule has 1 aliphatic heterocycles. The van der Waals surface area contributed by atoms with Crippen LogP contribution in [0.2, 0.25) is 0 Å². The summed E-state index contributed by atoms with van der Waals surface area (Å²) in [5, 5.41) is 3.52. The molecule has 0 aliphatic carbocycles. The summed E-state index contributed by atoms with van der Waals surface area (Å²) in [6, 6.07) is 17.0. The van der Waals surface area contributed by atoms with Crippen LogP contribution in [0.5, 0.6) is 34.5 Å². The standard InChI is InChI=1S/C40H46N4O6S.3ClH/c1-26-14-38(51-25-26)44(24-28-15-31(22-41-21-28)29-17-34(45-2)39(49-6)35(18-29)46-3)32-9-12-43(13-10-32)23-27-8-11-42-33(16-27)30-19-36(47-4)40(50-7)37(20-30)48-5;;;/h8,11,14-22,25,32H,9-10,12-13,23-24H2,1-7H3;3*1H. The molecular weight excluding hydrogens is 771 g/mol. The van der Waals surface area contributed by atoms with Gasteiger partial charge >= 0.3 is 0 Å². The van der Waals surface area contributed by atoms with Gasteiger partial charge in [-0.15, -0.1) is 48.6 Å². The fourth-order valence-electron chi connectivity index (χ4n) is 6.74. The fourth-order valence-corrected chi connectivity index (χ4v) is 7.71. The van der Waals surface area contributed by atoms with Crippen LogP contribution in [0.3, 0.4) is 0 Å². The lowest BCUT2D eigenvalue weighted by Gasteiger charge is -2.39. The molecule has 2 aromatic carbocycles. The van der Waals surface area contributed by atoms with Gasteiger partial charge in [-0.1, -0.05) is 0 Å². The van der Waals surface area contributed by atoms with Crippen molar-refractivity contribution < 1.29 is 28.4 Å². The lowest BCUT2D eigenvalue weighted by atomic mass is 10.0. The zero-order valence-electron chi connectivity index (χ0n) is 31.6. The van der Waals surface area contributed by atoms with Crippen molar-refractivity contribution in [2.24, 2.45) is 0 Å². The van der Waals surface area contributed by atoms with Crippen LogP contribution >= 0.6 is 48.6 Å². The van der Waals surface area contributed by atoms with Crippen LogP contribution in [-0.2, 0) is 13.1 Å². The third-order valence-corrected chi connectivity index (χ3v) is 10.4. The second-order valence-corrected chi connectivity index (χ2v) is 13.4. The van der Waals surface area contributed by atoms with Crippen LogP contribution < -0.4 is 33.3 Å². The van der Waals surface area contributed by atoms with Gasteiger partial charge in [0.05, 0.1) is 53.4 Å². The van der Waals surface area contributed by atoms with E-state index in [0.717, 1.165) is 67.0 Å². The number of thiophene rings is 1. The SMILES string of the molecule is COc1cc(-c2cncc(CN(c3cc(C)cs3)C3CCN(Cc4ccnc(-c5cc(OC)c(OC)c(OC)c5)c4)CC3)c2)cc(OC)c1OC.Cl.Cl.Cl. The smallest absolute Gasteiger partial charge is 0.203 e. The molecule has 5 aromatic rings. The monoisotopic (exact) mass is 818 g/mol. The summed E-state index contributed by atoms with van der Waals surface area (Å²) >= 11 is 1.81. The molecule has 0 radical (unpaired) electrons. The van der Waals surface area contributed by atoms with Crippen molar-refractivity contribution in [1.29, 1.82) is 0 Å². The van der Waals surface area contributed by atoms with E-state index in [-0.39, 0.29) is 37.2 Å². The minimum absolute atomic E-state index is 0. The fraction of sp³-hybridized carbons (Fsp3) is 0.350. The first-order valence-corrected chi connectivity index (χ1v) is 17.8. The maximum absolute atomic E-state index is 5.62. The van der Waals surface area contributed by atoms with Crippen molar-refractivity contribution in [2.75, 3.05) is 60.6 Å². The number of nitrogens with zero attached hydrogens (tertiary/aromatic N) is 4. The lowest BCUT2D eigenvalue weighted by Crippen LogP contribution is -2.44. The highest BCUT2D eigenvalue weighted by Gasteiger charge is 2.27. The van der Waals surface area contributed by atoms with Crippen molar-refractivity contribution in [3.63, 3.8) is 0 Å². The summed E-state index contributed by atoms with van der Waals surface area (Å²) in [5.74, 6) is 3.58. The molecule has 0 bridgehead atoms. The Labute approximate surface area is 341 Å². The van der Waals surface area contributed by atoms with Crippen LogP contribution in [0, 0.1) is 6.92 Å². The third-order valence-electron chi connectivity index (χ3n) is 9.33. The normalized spacial score (nSPS) is 12.7. The molecule has 1 aliphatic rings. The summed E-state index contributed by atoms with van der Waals surface area (Å²) in [5.41, 5.74) is 7.36. The number of benzene rings is 2. The second kappa shape index (κ2) is 20.5. The molecule has 1 fully saturated rings. The van der Waals surface area contributed by atoms with Crippen molar-refractivity contribution in [3.05, 3.63) is 89.2 Å². The molecule has 3 aromatic heterocycles. The number of halogens is 3. The number of pyridine rings is 2. The van der Waals surface area contributed by atoms with E-state index in [1.807, 2.05) is 54.2 Å². The first-order chi connectivity index (χ1) is 24.9. The Balaban J connectivity index is 0.00000261. The maximum atomic E-state index is 5.62. The van der Waals surface area contributed by atoms with E-state index in [1.165, 1.54) is 16.1 Å². The zero-order chi connectivity index (χ0) is 35.9. The molecule has 292 valence electrons. The van der Waals surface area contributed by atoms with Crippen LogP contribution in [0.1, 0.15) is 29.5 Å². The molecule has 0 unspecified atom stereocenters. The number of piperidine rings is 1. The molecule has 0 N–H and O–H groups in total. The highest BCUT2D eigenvalue weighted by atomic mass is 35.5. The number of hydrogen-bond donors (Lipinski definition) is 0. The molecular formula is C40H49Cl3N4O6S. The minimum Gasteiger partial charge on any atom is -0.493 e. The lowest BCUT2D eigenvalue weighted by molar-refractivity contribution is 0.201. The first kappa shape index (κ1) is 44.3. The van der Waals surface area contributed by atoms with E-state index < -0.39 is 0 Å². The molecule has 54 heavy (non-hydrogen) atoms. The largest absolute Gasteiger partial charge is 0.493 e. The number of anilines is 1. The Morgan fingerprint density at radius 1 is 0.685 bits per heavy atom. The summed E-state index contributed by atoms with van der Waals surface area (Å²) in [4.78, 5) is 14.4. The molecule has 0 amide bonds. The van der Waals surface area contributed by atoms with Crippen LogP contribution in [0.4, 0.5) is 5.00 Å². The molecule has 1 saturated heterocycles. The van der Waals surface area contributed by atoms with Gasteiger partial charge in [-0.05, 0) is 95.9 Å². The second-order valence-electron chi connectivity index (χ2n) is 12.6. The molecule has 4 heterocycles. The average Bonchev–Trinajstić information content (AvgIpc) is 3.61. The van der Waals surface area contributed by atoms with Gasteiger partial charge in [0.15, 0.2) is 23.0 Å². The third kappa shape index (κ3) is 9.94. The predicted octanol–water partition coefficient (Wildman–Crippen LogP) is 9.17. The average molecular weight is 820 g/mol. The van der Waals surface area contributed by atoms with Gasteiger partial charge in [-0.2, -0.15) is 0 Å². The van der Waals surface area contributed by atoms with Gasteiger partial charge in [0.25, 0.3) is 0 Å². The van der Waals surface area contributed by atoms with Gasteiger partial charge < -0.3 is 33.3 Å². The Morgan fingerprint density at radius 3 is 1.78 bits per heavy atom. The molecule has 6 rings (SSSR count). The van der Waals surface area contributed by atoms with E-state index in [0.29, 0.717) is 40.5 Å². The molecule has 0 atom stereocenters. The van der Waals surface area contributed by atoms with E-state index in [4.69, 9.17) is 28.4 Å². The van der Waals surface area contributed by atoms with Gasteiger partial charge in [0, 0.05) is 61.9 Å². The Kier molecular flexibility index (Phi) is 16.8. The molecule has 0 saturated carbocycles. The first-order valence-electron chi connectivity index (χ1n) is 16.9. The van der Waals surface area contributed by atoms with E-state index >= 15 is 0 Å². The summed E-state index contributed by atoms with van der Waals surface area (Å²) < 4.78 is 33.5.